The molecule has 0 fully saturated rings. The molecular weight excluding hydrogens is 463 g/mol. The van der Waals surface area contributed by atoms with E-state index in [-0.39, 0.29) is 15.6 Å². The SMILES string of the molecule is CSc1cccc(NC(=O)CN(c2ccc(Cl)cc2Cl)S(=O)(=O)c2ccccc2)c1. The average Bonchev–Trinajstić information content (AvgIpc) is 2.73. The molecule has 3 rings (SSSR count). The van der Waals surface area contributed by atoms with Crippen LogP contribution < -0.4 is 9.62 Å². The van der Waals surface area contributed by atoms with Gasteiger partial charge in [0.15, 0.2) is 0 Å². The molecule has 0 aliphatic heterocycles. The van der Waals surface area contributed by atoms with Crippen LogP contribution in [-0.2, 0) is 14.8 Å². The Morgan fingerprint density at radius 1 is 1.00 bits per heavy atom. The predicted molar refractivity (Wildman–Crippen MR) is 124 cm³/mol. The van der Waals surface area contributed by atoms with Gasteiger partial charge in [-0.1, -0.05) is 47.5 Å². The lowest BCUT2D eigenvalue weighted by atomic mass is 10.3. The second kappa shape index (κ2) is 9.75. The second-order valence-electron chi connectivity index (χ2n) is 6.20. The summed E-state index contributed by atoms with van der Waals surface area (Å²) in [6.07, 6.45) is 1.93. The van der Waals surface area contributed by atoms with Crippen molar-refractivity contribution < 1.29 is 13.2 Å². The Hall–Kier alpha value is -2.19. The highest BCUT2D eigenvalue weighted by Crippen LogP contribution is 2.32. The van der Waals surface area contributed by atoms with Crippen molar-refractivity contribution in [3.05, 3.63) is 82.8 Å². The maximum Gasteiger partial charge on any atom is 0.264 e. The third-order valence-corrected chi connectivity index (χ3v) is 7.19. The predicted octanol–water partition coefficient (Wildman–Crippen LogP) is 5.55. The summed E-state index contributed by atoms with van der Waals surface area (Å²) in [4.78, 5) is 13.8. The molecule has 0 aromatic heterocycles. The molecule has 0 unspecified atom stereocenters. The molecule has 156 valence electrons. The number of carbonyl (C=O) groups excluding carboxylic acids is 1. The van der Waals surface area contributed by atoms with Gasteiger partial charge in [0, 0.05) is 15.6 Å². The Morgan fingerprint density at radius 3 is 2.40 bits per heavy atom. The minimum atomic E-state index is -4.05. The van der Waals surface area contributed by atoms with Crippen LogP contribution in [-0.4, -0.2) is 27.1 Å². The number of benzene rings is 3. The Balaban J connectivity index is 1.96. The minimum Gasteiger partial charge on any atom is -0.324 e. The summed E-state index contributed by atoms with van der Waals surface area (Å²) in [6.45, 7) is -0.456. The zero-order valence-corrected chi connectivity index (χ0v) is 19.0. The molecule has 0 saturated carbocycles. The normalized spacial score (nSPS) is 11.2. The lowest BCUT2D eigenvalue weighted by Crippen LogP contribution is -2.38. The Kier molecular flexibility index (Phi) is 7.31. The van der Waals surface area contributed by atoms with Gasteiger partial charge in [0.1, 0.15) is 6.54 Å². The second-order valence-corrected chi connectivity index (χ2v) is 9.79. The summed E-state index contributed by atoms with van der Waals surface area (Å²) in [6, 6.07) is 19.6. The minimum absolute atomic E-state index is 0.0493. The molecule has 3 aromatic rings. The molecule has 0 radical (unpaired) electrons. The highest BCUT2D eigenvalue weighted by molar-refractivity contribution is 7.98. The van der Waals surface area contributed by atoms with Crippen LogP contribution in [0.15, 0.2) is 82.6 Å². The molecule has 0 atom stereocenters. The van der Waals surface area contributed by atoms with Crippen LogP contribution in [0.3, 0.4) is 0 Å². The Morgan fingerprint density at radius 2 is 1.73 bits per heavy atom. The van der Waals surface area contributed by atoms with Crippen LogP contribution in [0.25, 0.3) is 0 Å². The molecule has 0 aliphatic rings. The van der Waals surface area contributed by atoms with E-state index < -0.39 is 22.5 Å². The van der Waals surface area contributed by atoms with E-state index in [4.69, 9.17) is 23.2 Å². The molecule has 0 bridgehead atoms. The molecule has 5 nitrogen and oxygen atoms in total. The van der Waals surface area contributed by atoms with Gasteiger partial charge in [0.2, 0.25) is 5.91 Å². The molecule has 9 heteroatoms. The van der Waals surface area contributed by atoms with Gasteiger partial charge in [0.25, 0.3) is 10.0 Å². The van der Waals surface area contributed by atoms with E-state index in [0.29, 0.717) is 10.7 Å². The molecular formula is C21H18Cl2N2O3S2. The van der Waals surface area contributed by atoms with Gasteiger partial charge in [-0.25, -0.2) is 8.42 Å². The number of halogens is 2. The van der Waals surface area contributed by atoms with Gasteiger partial charge >= 0.3 is 0 Å². The molecule has 1 N–H and O–H groups in total. The van der Waals surface area contributed by atoms with E-state index in [9.17, 15) is 13.2 Å². The molecule has 3 aromatic carbocycles. The highest BCUT2D eigenvalue weighted by Gasteiger charge is 2.28. The van der Waals surface area contributed by atoms with Crippen molar-refractivity contribution in [3.8, 4) is 0 Å². The van der Waals surface area contributed by atoms with Crippen molar-refractivity contribution in [2.75, 3.05) is 22.4 Å². The van der Waals surface area contributed by atoms with Crippen molar-refractivity contribution in [2.45, 2.75) is 9.79 Å². The molecule has 0 spiro atoms. The van der Waals surface area contributed by atoms with Crippen LogP contribution in [0.5, 0.6) is 0 Å². The standard InChI is InChI=1S/C21H18Cl2N2O3S2/c1-29-17-7-5-6-16(13-17)24-21(26)14-25(20-11-10-15(22)12-19(20)23)30(27,28)18-8-3-2-4-9-18/h2-13H,14H2,1H3,(H,24,26). The fraction of sp³-hybridized carbons (Fsp3) is 0.0952. The first-order valence-electron chi connectivity index (χ1n) is 8.78. The quantitative estimate of drug-likeness (QED) is 0.450. The fourth-order valence-corrected chi connectivity index (χ4v) is 5.22. The number of nitrogens with zero attached hydrogens (tertiary/aromatic N) is 1. The molecule has 0 aliphatic carbocycles. The maximum absolute atomic E-state index is 13.3. The Labute approximate surface area is 190 Å². The van der Waals surface area contributed by atoms with Gasteiger partial charge in [-0.2, -0.15) is 0 Å². The van der Waals surface area contributed by atoms with Gasteiger partial charge in [-0.05, 0) is 54.8 Å². The topological polar surface area (TPSA) is 66.5 Å². The van der Waals surface area contributed by atoms with Crippen LogP contribution in [0.4, 0.5) is 11.4 Å². The number of thioether (sulfide) groups is 1. The molecule has 1 amide bonds. The lowest BCUT2D eigenvalue weighted by Gasteiger charge is -2.25. The third-order valence-electron chi connectivity index (χ3n) is 4.15. The van der Waals surface area contributed by atoms with E-state index in [2.05, 4.69) is 5.32 Å². The van der Waals surface area contributed by atoms with Crippen molar-refractivity contribution >= 4 is 62.3 Å². The smallest absolute Gasteiger partial charge is 0.264 e. The van der Waals surface area contributed by atoms with Crippen LogP contribution in [0, 0.1) is 0 Å². The summed E-state index contributed by atoms with van der Waals surface area (Å²) in [5.74, 6) is -0.501. The summed E-state index contributed by atoms with van der Waals surface area (Å²) >= 11 is 13.8. The van der Waals surface area contributed by atoms with Gasteiger partial charge in [0.05, 0.1) is 15.6 Å². The number of carbonyl (C=O) groups is 1. The first-order valence-corrected chi connectivity index (χ1v) is 12.2. The lowest BCUT2D eigenvalue weighted by molar-refractivity contribution is -0.114. The van der Waals surface area contributed by atoms with Gasteiger partial charge in [-0.3, -0.25) is 9.10 Å². The van der Waals surface area contributed by atoms with Crippen molar-refractivity contribution in [1.82, 2.24) is 0 Å². The number of sulfonamides is 1. The van der Waals surface area contributed by atoms with Crippen LogP contribution >= 0.6 is 35.0 Å². The van der Waals surface area contributed by atoms with Gasteiger partial charge in [-0.15, -0.1) is 11.8 Å². The van der Waals surface area contributed by atoms with E-state index in [0.717, 1.165) is 9.20 Å². The highest BCUT2D eigenvalue weighted by atomic mass is 35.5. The van der Waals surface area contributed by atoms with E-state index >= 15 is 0 Å². The first-order chi connectivity index (χ1) is 14.3. The number of rotatable bonds is 7. The number of amides is 1. The van der Waals surface area contributed by atoms with Crippen molar-refractivity contribution in [2.24, 2.45) is 0 Å². The fourth-order valence-electron chi connectivity index (χ4n) is 2.73. The van der Waals surface area contributed by atoms with Crippen molar-refractivity contribution in [3.63, 3.8) is 0 Å². The van der Waals surface area contributed by atoms with E-state index in [1.165, 1.54) is 42.1 Å². The zero-order chi connectivity index (χ0) is 21.7. The monoisotopic (exact) mass is 480 g/mol. The number of anilines is 2. The summed E-state index contributed by atoms with van der Waals surface area (Å²) in [7, 11) is -4.05. The molecule has 30 heavy (non-hydrogen) atoms. The third kappa shape index (κ3) is 5.29. The number of hydrogen-bond donors (Lipinski definition) is 1. The largest absolute Gasteiger partial charge is 0.324 e. The maximum atomic E-state index is 13.3. The average molecular weight is 481 g/mol. The zero-order valence-electron chi connectivity index (χ0n) is 15.9. The van der Waals surface area contributed by atoms with Crippen molar-refractivity contribution in [1.29, 1.82) is 0 Å². The first kappa shape index (κ1) is 22.5. The van der Waals surface area contributed by atoms with Crippen LogP contribution in [0.2, 0.25) is 10.0 Å². The Bertz CT molecular complexity index is 1160. The summed E-state index contributed by atoms with van der Waals surface area (Å²) in [5.41, 5.74) is 0.740. The van der Waals surface area contributed by atoms with Crippen LogP contribution in [0.1, 0.15) is 0 Å². The number of hydrogen-bond acceptors (Lipinski definition) is 4. The number of nitrogens with one attached hydrogen (secondary N) is 1. The molecule has 0 heterocycles. The van der Waals surface area contributed by atoms with E-state index in [1.54, 1.807) is 24.3 Å². The van der Waals surface area contributed by atoms with Gasteiger partial charge < -0.3 is 5.32 Å². The summed E-state index contributed by atoms with van der Waals surface area (Å²) < 4.78 is 27.6. The molecule has 0 saturated heterocycles. The summed E-state index contributed by atoms with van der Waals surface area (Å²) in [5, 5.41) is 3.23. The van der Waals surface area contributed by atoms with E-state index in [1.807, 2.05) is 24.5 Å².